The summed E-state index contributed by atoms with van der Waals surface area (Å²) in [5.41, 5.74) is 8.61. The molecular formula is C14H21BrN2. The zero-order valence-electron chi connectivity index (χ0n) is 10.6. The van der Waals surface area contributed by atoms with Gasteiger partial charge in [-0.05, 0) is 63.0 Å². The smallest absolute Gasteiger partial charge is 0.0396 e. The molecule has 1 aromatic carbocycles. The Morgan fingerprint density at radius 3 is 2.88 bits per heavy atom. The summed E-state index contributed by atoms with van der Waals surface area (Å²) in [6.45, 7) is 4.07. The number of likely N-dealkylation sites (tertiary alicyclic amines) is 1. The Bertz CT molecular complexity index is 392. The second-order valence-electron chi connectivity index (χ2n) is 5.09. The molecule has 0 aromatic heterocycles. The molecule has 2 N–H and O–H groups in total. The molecule has 1 fully saturated rings. The van der Waals surface area contributed by atoms with Gasteiger partial charge in [-0.1, -0.05) is 28.1 Å². The Morgan fingerprint density at radius 1 is 1.47 bits per heavy atom. The topological polar surface area (TPSA) is 29.3 Å². The molecule has 1 saturated heterocycles. The third-order valence-corrected chi connectivity index (χ3v) is 4.47. The Kier molecular flexibility index (Phi) is 4.23. The van der Waals surface area contributed by atoms with Gasteiger partial charge < -0.3 is 5.73 Å². The van der Waals surface area contributed by atoms with E-state index in [-0.39, 0.29) is 0 Å². The second kappa shape index (κ2) is 5.51. The van der Waals surface area contributed by atoms with Crippen molar-refractivity contribution in [2.75, 3.05) is 20.1 Å². The van der Waals surface area contributed by atoms with E-state index in [1.165, 1.54) is 35.0 Å². The molecule has 2 atom stereocenters. The highest BCUT2D eigenvalue weighted by atomic mass is 79.9. The summed E-state index contributed by atoms with van der Waals surface area (Å²) in [5.74, 6) is 0.577. The van der Waals surface area contributed by atoms with Gasteiger partial charge in [0.2, 0.25) is 0 Å². The lowest BCUT2D eigenvalue weighted by Gasteiger charge is -2.39. The summed E-state index contributed by atoms with van der Waals surface area (Å²) < 4.78 is 1.22. The van der Waals surface area contributed by atoms with Crippen LogP contribution in [0.4, 0.5) is 0 Å². The van der Waals surface area contributed by atoms with Crippen molar-refractivity contribution in [1.82, 2.24) is 4.90 Å². The molecule has 17 heavy (non-hydrogen) atoms. The van der Waals surface area contributed by atoms with E-state index in [4.69, 9.17) is 5.73 Å². The number of aryl methyl sites for hydroxylation is 1. The van der Waals surface area contributed by atoms with E-state index >= 15 is 0 Å². The van der Waals surface area contributed by atoms with Crippen LogP contribution in [0.3, 0.4) is 0 Å². The summed E-state index contributed by atoms with van der Waals surface area (Å²) in [4.78, 5) is 2.44. The van der Waals surface area contributed by atoms with Gasteiger partial charge in [0.25, 0.3) is 0 Å². The molecule has 2 unspecified atom stereocenters. The molecule has 1 aliphatic heterocycles. The number of rotatable bonds is 2. The van der Waals surface area contributed by atoms with Gasteiger partial charge >= 0.3 is 0 Å². The van der Waals surface area contributed by atoms with Crippen LogP contribution >= 0.6 is 15.9 Å². The average Bonchev–Trinajstić information content (AvgIpc) is 2.30. The van der Waals surface area contributed by atoms with Crippen LogP contribution in [0.5, 0.6) is 0 Å². The van der Waals surface area contributed by atoms with Crippen molar-refractivity contribution in [2.24, 2.45) is 11.7 Å². The van der Waals surface area contributed by atoms with Crippen LogP contribution in [0.2, 0.25) is 0 Å². The van der Waals surface area contributed by atoms with Gasteiger partial charge in [-0.3, -0.25) is 4.90 Å². The first-order valence-electron chi connectivity index (χ1n) is 6.30. The first-order valence-corrected chi connectivity index (χ1v) is 7.09. The number of piperidine rings is 1. The standard InChI is InChI=1S/C14H21BrN2/c1-10-5-6-12(13(15)8-10)14-11(9-16)4-3-7-17(14)2/h5-6,8,11,14H,3-4,7,9,16H2,1-2H3. The Labute approximate surface area is 112 Å². The van der Waals surface area contributed by atoms with Gasteiger partial charge in [0, 0.05) is 10.5 Å². The third kappa shape index (κ3) is 2.72. The molecular weight excluding hydrogens is 276 g/mol. The van der Waals surface area contributed by atoms with E-state index in [0.29, 0.717) is 12.0 Å². The lowest BCUT2D eigenvalue weighted by atomic mass is 9.85. The van der Waals surface area contributed by atoms with E-state index in [2.05, 4.69) is 53.0 Å². The lowest BCUT2D eigenvalue weighted by Crippen LogP contribution is -2.39. The number of nitrogens with zero attached hydrogens (tertiary/aromatic N) is 1. The quantitative estimate of drug-likeness (QED) is 0.909. The van der Waals surface area contributed by atoms with Crippen LogP contribution in [0.1, 0.15) is 30.0 Å². The van der Waals surface area contributed by atoms with E-state index in [1.807, 2.05) is 0 Å². The van der Waals surface area contributed by atoms with Crippen LogP contribution < -0.4 is 5.73 Å². The molecule has 3 heteroatoms. The van der Waals surface area contributed by atoms with Crippen molar-refractivity contribution < 1.29 is 0 Å². The minimum absolute atomic E-state index is 0.462. The van der Waals surface area contributed by atoms with Gasteiger partial charge in [0.1, 0.15) is 0 Å². The molecule has 0 bridgehead atoms. The Hall–Kier alpha value is -0.380. The third-order valence-electron chi connectivity index (χ3n) is 3.78. The van der Waals surface area contributed by atoms with Crippen molar-refractivity contribution in [1.29, 1.82) is 0 Å². The van der Waals surface area contributed by atoms with E-state index in [0.717, 1.165) is 6.54 Å². The molecule has 0 spiro atoms. The van der Waals surface area contributed by atoms with Crippen LogP contribution in [0.15, 0.2) is 22.7 Å². The van der Waals surface area contributed by atoms with Crippen molar-refractivity contribution in [3.05, 3.63) is 33.8 Å². The summed E-state index contributed by atoms with van der Waals surface area (Å²) >= 11 is 3.70. The number of benzene rings is 1. The first kappa shape index (κ1) is 13.1. The SMILES string of the molecule is Cc1ccc(C2C(CN)CCCN2C)c(Br)c1. The molecule has 0 radical (unpaired) electrons. The largest absolute Gasteiger partial charge is 0.330 e. The zero-order chi connectivity index (χ0) is 12.4. The molecule has 94 valence electrons. The van der Waals surface area contributed by atoms with E-state index in [9.17, 15) is 0 Å². The number of hydrogen-bond donors (Lipinski definition) is 1. The van der Waals surface area contributed by atoms with Crippen LogP contribution in [0.25, 0.3) is 0 Å². The van der Waals surface area contributed by atoms with Gasteiger partial charge in [-0.25, -0.2) is 0 Å². The number of halogens is 1. The summed E-state index contributed by atoms with van der Waals surface area (Å²) in [5, 5.41) is 0. The van der Waals surface area contributed by atoms with Crippen molar-refractivity contribution in [3.63, 3.8) is 0 Å². The van der Waals surface area contributed by atoms with Gasteiger partial charge in [0.15, 0.2) is 0 Å². The fourth-order valence-electron chi connectivity index (χ4n) is 2.87. The Morgan fingerprint density at radius 2 is 2.24 bits per heavy atom. The second-order valence-corrected chi connectivity index (χ2v) is 5.94. The minimum Gasteiger partial charge on any atom is -0.330 e. The number of nitrogens with two attached hydrogens (primary N) is 1. The normalized spacial score (nSPS) is 26.1. The maximum Gasteiger partial charge on any atom is 0.0396 e. The average molecular weight is 297 g/mol. The monoisotopic (exact) mass is 296 g/mol. The van der Waals surface area contributed by atoms with E-state index < -0.39 is 0 Å². The molecule has 1 aliphatic rings. The van der Waals surface area contributed by atoms with Crippen LogP contribution in [-0.4, -0.2) is 25.0 Å². The molecule has 1 aromatic rings. The highest BCUT2D eigenvalue weighted by Gasteiger charge is 2.30. The maximum absolute atomic E-state index is 5.93. The maximum atomic E-state index is 5.93. The fraction of sp³-hybridized carbons (Fsp3) is 0.571. The minimum atomic E-state index is 0.462. The predicted octanol–water partition coefficient (Wildman–Crippen LogP) is 3.10. The van der Waals surface area contributed by atoms with Crippen LogP contribution in [0, 0.1) is 12.8 Å². The molecule has 1 heterocycles. The first-order chi connectivity index (χ1) is 8.13. The molecule has 0 amide bonds. The fourth-order valence-corrected chi connectivity index (χ4v) is 3.60. The molecule has 2 nitrogen and oxygen atoms in total. The molecule has 0 aliphatic carbocycles. The Balaban J connectivity index is 2.34. The summed E-state index contributed by atoms with van der Waals surface area (Å²) in [7, 11) is 2.21. The number of hydrogen-bond acceptors (Lipinski definition) is 2. The summed E-state index contributed by atoms with van der Waals surface area (Å²) in [6.07, 6.45) is 2.50. The highest BCUT2D eigenvalue weighted by Crippen LogP contribution is 2.37. The van der Waals surface area contributed by atoms with Crippen molar-refractivity contribution >= 4 is 15.9 Å². The van der Waals surface area contributed by atoms with Crippen LogP contribution in [-0.2, 0) is 0 Å². The molecule has 2 rings (SSSR count). The van der Waals surface area contributed by atoms with Gasteiger partial charge in [-0.2, -0.15) is 0 Å². The van der Waals surface area contributed by atoms with Crippen molar-refractivity contribution in [3.8, 4) is 0 Å². The lowest BCUT2D eigenvalue weighted by molar-refractivity contribution is 0.125. The zero-order valence-corrected chi connectivity index (χ0v) is 12.2. The van der Waals surface area contributed by atoms with Crippen molar-refractivity contribution in [2.45, 2.75) is 25.8 Å². The van der Waals surface area contributed by atoms with Gasteiger partial charge in [-0.15, -0.1) is 0 Å². The molecule has 0 saturated carbocycles. The van der Waals surface area contributed by atoms with Gasteiger partial charge in [0.05, 0.1) is 0 Å². The van der Waals surface area contributed by atoms with E-state index in [1.54, 1.807) is 0 Å². The highest BCUT2D eigenvalue weighted by molar-refractivity contribution is 9.10. The summed E-state index contributed by atoms with van der Waals surface area (Å²) in [6, 6.07) is 7.10. The predicted molar refractivity (Wildman–Crippen MR) is 76.0 cm³/mol.